The van der Waals surface area contributed by atoms with Crippen LogP contribution in [0.2, 0.25) is 0 Å². The van der Waals surface area contributed by atoms with Crippen molar-refractivity contribution in [1.82, 2.24) is 10.2 Å². The number of ether oxygens (including phenoxy) is 1. The summed E-state index contributed by atoms with van der Waals surface area (Å²) in [4.78, 5) is 13.6. The first-order valence-corrected chi connectivity index (χ1v) is 11.7. The standard InChI is InChI=1S/C20H21N3O2S3/c1-25-11-12-27-17-10-6-5-9-16(17)19(24)21-20-23-22-18(28-20)14-26-13-15-7-3-2-4-8-15/h2-10H,11-14H2,1H3,(H,21,23,24). The van der Waals surface area contributed by atoms with E-state index in [2.05, 4.69) is 27.6 Å². The highest BCUT2D eigenvalue weighted by atomic mass is 32.2. The van der Waals surface area contributed by atoms with Gasteiger partial charge in [0.15, 0.2) is 0 Å². The first kappa shape index (κ1) is 20.9. The molecule has 0 aliphatic heterocycles. The second kappa shape index (κ2) is 11.2. The number of hydrogen-bond donors (Lipinski definition) is 1. The monoisotopic (exact) mass is 431 g/mol. The molecule has 0 spiro atoms. The van der Waals surface area contributed by atoms with Crippen LogP contribution < -0.4 is 5.32 Å². The number of hydrogen-bond acceptors (Lipinski definition) is 7. The van der Waals surface area contributed by atoms with Crippen molar-refractivity contribution in [3.05, 3.63) is 70.7 Å². The first-order valence-electron chi connectivity index (χ1n) is 8.72. The van der Waals surface area contributed by atoms with Crippen molar-refractivity contribution >= 4 is 45.9 Å². The van der Waals surface area contributed by atoms with Crippen molar-refractivity contribution in [3.8, 4) is 0 Å². The Labute approximate surface area is 177 Å². The summed E-state index contributed by atoms with van der Waals surface area (Å²) >= 11 is 4.80. The van der Waals surface area contributed by atoms with Crippen LogP contribution in [0.15, 0.2) is 59.5 Å². The van der Waals surface area contributed by atoms with Gasteiger partial charge in [0.1, 0.15) is 5.01 Å². The van der Waals surface area contributed by atoms with Crippen LogP contribution in [0, 0.1) is 0 Å². The number of benzene rings is 2. The van der Waals surface area contributed by atoms with Gasteiger partial charge < -0.3 is 4.74 Å². The summed E-state index contributed by atoms with van der Waals surface area (Å²) in [6.45, 7) is 0.640. The number of carbonyl (C=O) groups is 1. The van der Waals surface area contributed by atoms with Gasteiger partial charge in [-0.05, 0) is 17.7 Å². The molecule has 0 unspecified atom stereocenters. The van der Waals surface area contributed by atoms with Gasteiger partial charge in [-0.2, -0.15) is 0 Å². The van der Waals surface area contributed by atoms with Crippen molar-refractivity contribution in [2.45, 2.75) is 16.4 Å². The normalized spacial score (nSPS) is 10.8. The third-order valence-electron chi connectivity index (χ3n) is 3.70. The van der Waals surface area contributed by atoms with Gasteiger partial charge in [-0.15, -0.1) is 33.7 Å². The maximum atomic E-state index is 12.7. The molecule has 0 aliphatic rings. The molecule has 0 atom stereocenters. The van der Waals surface area contributed by atoms with Gasteiger partial charge in [0.2, 0.25) is 5.13 Å². The zero-order valence-electron chi connectivity index (χ0n) is 15.5. The molecule has 28 heavy (non-hydrogen) atoms. The van der Waals surface area contributed by atoms with Gasteiger partial charge in [0.05, 0.1) is 12.2 Å². The maximum absolute atomic E-state index is 12.7. The van der Waals surface area contributed by atoms with Crippen molar-refractivity contribution < 1.29 is 9.53 Å². The highest BCUT2D eigenvalue weighted by Gasteiger charge is 2.14. The molecule has 0 fully saturated rings. The fourth-order valence-electron chi connectivity index (χ4n) is 2.37. The SMILES string of the molecule is COCCSc1ccccc1C(=O)Nc1nnc(CSCc2ccccc2)s1. The molecule has 8 heteroatoms. The fraction of sp³-hybridized carbons (Fsp3) is 0.250. The average molecular weight is 432 g/mol. The third kappa shape index (κ3) is 6.34. The Morgan fingerprint density at radius 1 is 1.07 bits per heavy atom. The summed E-state index contributed by atoms with van der Waals surface area (Å²) in [6, 6.07) is 17.9. The molecule has 0 saturated carbocycles. The summed E-state index contributed by atoms with van der Waals surface area (Å²) in [7, 11) is 1.67. The quantitative estimate of drug-likeness (QED) is 0.361. The van der Waals surface area contributed by atoms with E-state index in [1.165, 1.54) is 16.9 Å². The number of nitrogens with one attached hydrogen (secondary N) is 1. The molecule has 0 bridgehead atoms. The van der Waals surface area contributed by atoms with E-state index in [9.17, 15) is 4.79 Å². The lowest BCUT2D eigenvalue weighted by Crippen LogP contribution is -2.13. The lowest BCUT2D eigenvalue weighted by Gasteiger charge is -2.08. The first-order chi connectivity index (χ1) is 13.8. The number of rotatable bonds is 10. The predicted octanol–water partition coefficient (Wildman–Crippen LogP) is 4.96. The molecule has 1 N–H and O–H groups in total. The molecular weight excluding hydrogens is 410 g/mol. The van der Waals surface area contributed by atoms with E-state index in [1.54, 1.807) is 30.6 Å². The Morgan fingerprint density at radius 2 is 1.86 bits per heavy atom. The molecule has 146 valence electrons. The van der Waals surface area contributed by atoms with Crippen LogP contribution in [0.4, 0.5) is 5.13 Å². The summed E-state index contributed by atoms with van der Waals surface area (Å²) in [5.41, 5.74) is 1.92. The van der Waals surface area contributed by atoms with E-state index < -0.39 is 0 Å². The molecule has 1 amide bonds. The number of anilines is 1. The molecule has 1 heterocycles. The van der Waals surface area contributed by atoms with E-state index in [-0.39, 0.29) is 5.91 Å². The highest BCUT2D eigenvalue weighted by molar-refractivity contribution is 7.99. The molecule has 2 aromatic carbocycles. The van der Waals surface area contributed by atoms with Crippen LogP contribution in [0.3, 0.4) is 0 Å². The Balaban J connectivity index is 1.54. The lowest BCUT2D eigenvalue weighted by molar-refractivity contribution is 0.102. The predicted molar refractivity (Wildman–Crippen MR) is 118 cm³/mol. The highest BCUT2D eigenvalue weighted by Crippen LogP contribution is 2.26. The minimum Gasteiger partial charge on any atom is -0.384 e. The number of thioether (sulfide) groups is 2. The van der Waals surface area contributed by atoms with Gasteiger partial charge in [-0.25, -0.2) is 0 Å². The van der Waals surface area contributed by atoms with Crippen LogP contribution in [0.25, 0.3) is 0 Å². The fourth-order valence-corrected chi connectivity index (χ4v) is 5.11. The van der Waals surface area contributed by atoms with Crippen molar-refractivity contribution in [2.75, 3.05) is 24.8 Å². The number of amides is 1. The summed E-state index contributed by atoms with van der Waals surface area (Å²) in [5, 5.41) is 12.6. The van der Waals surface area contributed by atoms with Gasteiger partial charge in [0, 0.05) is 29.3 Å². The van der Waals surface area contributed by atoms with E-state index in [4.69, 9.17) is 4.74 Å². The van der Waals surface area contributed by atoms with Crippen molar-refractivity contribution in [3.63, 3.8) is 0 Å². The second-order valence-corrected chi connectivity index (χ2v) is 8.96. The minimum absolute atomic E-state index is 0.167. The Hall–Kier alpha value is -1.87. The zero-order chi connectivity index (χ0) is 19.6. The third-order valence-corrected chi connectivity index (χ3v) is 6.78. The molecule has 1 aromatic heterocycles. The molecule has 0 saturated heterocycles. The molecular formula is C20H21N3O2S3. The van der Waals surface area contributed by atoms with Gasteiger partial charge >= 0.3 is 0 Å². The van der Waals surface area contributed by atoms with E-state index >= 15 is 0 Å². The Morgan fingerprint density at radius 3 is 2.68 bits per heavy atom. The van der Waals surface area contributed by atoms with Gasteiger partial charge in [-0.1, -0.05) is 53.8 Å². The minimum atomic E-state index is -0.167. The van der Waals surface area contributed by atoms with Crippen LogP contribution in [-0.2, 0) is 16.2 Å². The van der Waals surface area contributed by atoms with Crippen LogP contribution in [0.5, 0.6) is 0 Å². The Kier molecular flexibility index (Phi) is 8.35. The van der Waals surface area contributed by atoms with E-state index in [1.807, 2.05) is 42.5 Å². The molecule has 5 nitrogen and oxygen atoms in total. The van der Waals surface area contributed by atoms with Crippen LogP contribution in [0.1, 0.15) is 20.9 Å². The zero-order valence-corrected chi connectivity index (χ0v) is 17.9. The average Bonchev–Trinajstić information content (AvgIpc) is 3.16. The molecule has 3 aromatic rings. The van der Waals surface area contributed by atoms with Crippen molar-refractivity contribution in [1.29, 1.82) is 0 Å². The lowest BCUT2D eigenvalue weighted by atomic mass is 10.2. The van der Waals surface area contributed by atoms with Crippen molar-refractivity contribution in [2.24, 2.45) is 0 Å². The van der Waals surface area contributed by atoms with Gasteiger partial charge in [-0.3, -0.25) is 10.1 Å². The smallest absolute Gasteiger partial charge is 0.258 e. The largest absolute Gasteiger partial charge is 0.384 e. The molecule has 0 radical (unpaired) electrons. The summed E-state index contributed by atoms with van der Waals surface area (Å²) in [6.07, 6.45) is 0. The Bertz CT molecular complexity index is 887. The number of methoxy groups -OCH3 is 1. The maximum Gasteiger partial charge on any atom is 0.258 e. The molecule has 3 rings (SSSR count). The van der Waals surface area contributed by atoms with E-state index in [0.29, 0.717) is 17.3 Å². The number of aromatic nitrogens is 2. The second-order valence-electron chi connectivity index (χ2n) is 5.77. The summed E-state index contributed by atoms with van der Waals surface area (Å²) < 4.78 is 5.08. The number of nitrogens with zero attached hydrogens (tertiary/aromatic N) is 2. The summed E-state index contributed by atoms with van der Waals surface area (Å²) in [5.74, 6) is 2.32. The van der Waals surface area contributed by atoms with E-state index in [0.717, 1.165) is 27.2 Å². The van der Waals surface area contributed by atoms with Crippen LogP contribution in [-0.4, -0.2) is 35.6 Å². The van der Waals surface area contributed by atoms with Gasteiger partial charge in [0.25, 0.3) is 5.91 Å². The number of carbonyl (C=O) groups excluding carboxylic acids is 1. The topological polar surface area (TPSA) is 64.1 Å². The van der Waals surface area contributed by atoms with Crippen LogP contribution >= 0.6 is 34.9 Å². The molecule has 0 aliphatic carbocycles.